The highest BCUT2D eigenvalue weighted by Gasteiger charge is 2.19. The van der Waals surface area contributed by atoms with E-state index in [4.69, 9.17) is 15.2 Å². The minimum atomic E-state index is 0.327. The van der Waals surface area contributed by atoms with Gasteiger partial charge in [-0.1, -0.05) is 13.8 Å². The van der Waals surface area contributed by atoms with Gasteiger partial charge in [0.25, 0.3) is 0 Å². The van der Waals surface area contributed by atoms with Crippen molar-refractivity contribution in [1.82, 2.24) is 4.90 Å². The molecule has 1 aliphatic heterocycles. The summed E-state index contributed by atoms with van der Waals surface area (Å²) in [6, 6.07) is 4.45. The molecule has 2 rings (SSSR count). The van der Waals surface area contributed by atoms with Gasteiger partial charge >= 0.3 is 0 Å². The van der Waals surface area contributed by atoms with Crippen LogP contribution in [0.4, 0.5) is 5.69 Å². The predicted molar refractivity (Wildman–Crippen MR) is 76.9 cm³/mol. The van der Waals surface area contributed by atoms with E-state index in [0.717, 1.165) is 29.1 Å². The Balaban J connectivity index is 2.22. The van der Waals surface area contributed by atoms with Crippen molar-refractivity contribution in [2.24, 2.45) is 5.92 Å². The second-order valence-electron chi connectivity index (χ2n) is 5.68. The first-order valence-electron chi connectivity index (χ1n) is 6.81. The summed E-state index contributed by atoms with van der Waals surface area (Å²) in [5, 5.41) is 0. The van der Waals surface area contributed by atoms with Crippen LogP contribution >= 0.6 is 0 Å². The molecule has 2 N–H and O–H groups in total. The van der Waals surface area contributed by atoms with Gasteiger partial charge in [0.2, 0.25) is 0 Å². The van der Waals surface area contributed by atoms with Gasteiger partial charge in [0.1, 0.15) is 5.75 Å². The average molecular weight is 264 g/mol. The molecule has 4 nitrogen and oxygen atoms in total. The molecular weight excluding hydrogens is 240 g/mol. The number of nitrogen functional groups attached to an aromatic ring is 1. The van der Waals surface area contributed by atoms with Crippen LogP contribution in [-0.2, 0) is 17.9 Å². The third kappa shape index (κ3) is 3.19. The van der Waals surface area contributed by atoms with Crippen LogP contribution in [0.15, 0.2) is 12.1 Å². The molecule has 0 spiro atoms. The first-order chi connectivity index (χ1) is 8.99. The lowest BCUT2D eigenvalue weighted by atomic mass is 10.0. The molecule has 0 aromatic heterocycles. The van der Waals surface area contributed by atoms with Crippen LogP contribution in [0, 0.1) is 5.92 Å². The maximum absolute atomic E-state index is 5.96. The van der Waals surface area contributed by atoms with Gasteiger partial charge in [-0.25, -0.2) is 0 Å². The van der Waals surface area contributed by atoms with Gasteiger partial charge in [-0.05, 0) is 32.0 Å². The molecule has 1 aromatic rings. The Kier molecular flexibility index (Phi) is 4.32. The smallest absolute Gasteiger partial charge is 0.189 e. The van der Waals surface area contributed by atoms with Crippen molar-refractivity contribution in [3.05, 3.63) is 23.3 Å². The van der Waals surface area contributed by atoms with Crippen molar-refractivity contribution in [2.75, 3.05) is 19.6 Å². The van der Waals surface area contributed by atoms with E-state index in [1.54, 1.807) is 0 Å². The first-order valence-corrected chi connectivity index (χ1v) is 6.81. The Labute approximate surface area is 115 Å². The minimum Gasteiger partial charge on any atom is -0.467 e. The van der Waals surface area contributed by atoms with Crippen molar-refractivity contribution in [2.45, 2.75) is 40.0 Å². The molecule has 0 fully saturated rings. The molecule has 1 aromatic carbocycles. The molecule has 106 valence electrons. The zero-order chi connectivity index (χ0) is 14.0. The van der Waals surface area contributed by atoms with Crippen LogP contribution in [0.25, 0.3) is 0 Å². The Morgan fingerprint density at radius 3 is 2.74 bits per heavy atom. The summed E-state index contributed by atoms with van der Waals surface area (Å²) in [7, 11) is 2.14. The lowest BCUT2D eigenvalue weighted by Crippen LogP contribution is -2.33. The summed E-state index contributed by atoms with van der Waals surface area (Å²) in [6.45, 7) is 8.46. The highest BCUT2D eigenvalue weighted by molar-refractivity contribution is 5.53. The summed E-state index contributed by atoms with van der Waals surface area (Å²) in [4.78, 5) is 2.33. The molecule has 0 radical (unpaired) electrons. The molecule has 0 saturated carbocycles. The van der Waals surface area contributed by atoms with Gasteiger partial charge < -0.3 is 15.2 Å². The largest absolute Gasteiger partial charge is 0.467 e. The number of ether oxygens (including phenoxy) is 2. The Bertz CT molecular complexity index is 446. The zero-order valence-corrected chi connectivity index (χ0v) is 12.3. The van der Waals surface area contributed by atoms with E-state index in [9.17, 15) is 0 Å². The molecule has 1 heterocycles. The van der Waals surface area contributed by atoms with Gasteiger partial charge in [-0.2, -0.15) is 0 Å². The first kappa shape index (κ1) is 14.2. The predicted octanol–water partition coefficient (Wildman–Crippen LogP) is 2.61. The van der Waals surface area contributed by atoms with Crippen molar-refractivity contribution in [3.63, 3.8) is 0 Å². The lowest BCUT2D eigenvalue weighted by Gasteiger charge is -2.29. The van der Waals surface area contributed by atoms with Crippen LogP contribution in [0.1, 0.15) is 31.9 Å². The number of nitrogens with zero attached hydrogens (tertiary/aromatic N) is 1. The molecular formula is C15H24N2O2. The Hall–Kier alpha value is -1.26. The van der Waals surface area contributed by atoms with Gasteiger partial charge in [-0.3, -0.25) is 4.90 Å². The van der Waals surface area contributed by atoms with Gasteiger partial charge in [0.05, 0.1) is 6.61 Å². The van der Waals surface area contributed by atoms with Gasteiger partial charge in [0.15, 0.2) is 6.79 Å². The van der Waals surface area contributed by atoms with E-state index in [1.807, 2.05) is 12.1 Å². The summed E-state index contributed by atoms with van der Waals surface area (Å²) >= 11 is 0. The Morgan fingerprint density at radius 2 is 2.05 bits per heavy atom. The molecule has 0 aliphatic carbocycles. The third-order valence-electron chi connectivity index (χ3n) is 3.89. The zero-order valence-electron chi connectivity index (χ0n) is 12.3. The van der Waals surface area contributed by atoms with E-state index >= 15 is 0 Å². The lowest BCUT2D eigenvalue weighted by molar-refractivity contribution is -0.0175. The van der Waals surface area contributed by atoms with E-state index < -0.39 is 0 Å². The number of nitrogens with two attached hydrogens (primary N) is 1. The van der Waals surface area contributed by atoms with Gasteiger partial charge in [-0.15, -0.1) is 0 Å². The quantitative estimate of drug-likeness (QED) is 0.849. The summed E-state index contributed by atoms with van der Waals surface area (Å²) in [6.07, 6.45) is 0. The fourth-order valence-corrected chi connectivity index (χ4v) is 2.37. The Morgan fingerprint density at radius 1 is 1.32 bits per heavy atom. The molecule has 19 heavy (non-hydrogen) atoms. The standard InChI is InChI=1S/C15H24N2O2/c1-10(2)11(3)17(4)7-12-5-14(16)6-13-8-18-9-19-15(12)13/h5-6,10-11H,7-9,16H2,1-4H3. The SMILES string of the molecule is CC(C)C(C)N(C)Cc1cc(N)cc2c1OCOC2. The van der Waals surface area contributed by atoms with Crippen LogP contribution in [0.5, 0.6) is 5.75 Å². The molecule has 1 aliphatic rings. The highest BCUT2D eigenvalue weighted by atomic mass is 16.7. The summed E-state index contributed by atoms with van der Waals surface area (Å²) in [5.74, 6) is 1.56. The molecule has 1 unspecified atom stereocenters. The van der Waals surface area contributed by atoms with E-state index in [2.05, 4.69) is 32.7 Å². The van der Waals surface area contributed by atoms with E-state index in [1.165, 1.54) is 0 Å². The van der Waals surface area contributed by atoms with Crippen LogP contribution in [0.2, 0.25) is 0 Å². The summed E-state index contributed by atoms with van der Waals surface area (Å²) in [5.41, 5.74) is 8.93. The molecule has 4 heteroatoms. The number of rotatable bonds is 4. The number of fused-ring (bicyclic) bond motifs is 1. The number of benzene rings is 1. The second kappa shape index (κ2) is 5.80. The number of hydrogen-bond donors (Lipinski definition) is 1. The molecule has 1 atom stereocenters. The van der Waals surface area contributed by atoms with Gasteiger partial charge in [0, 0.05) is 29.4 Å². The van der Waals surface area contributed by atoms with E-state index in [0.29, 0.717) is 25.4 Å². The number of anilines is 1. The fraction of sp³-hybridized carbons (Fsp3) is 0.600. The monoisotopic (exact) mass is 264 g/mol. The topological polar surface area (TPSA) is 47.7 Å². The highest BCUT2D eigenvalue weighted by Crippen LogP contribution is 2.32. The average Bonchev–Trinajstić information content (AvgIpc) is 2.37. The maximum atomic E-state index is 5.96. The van der Waals surface area contributed by atoms with Crippen LogP contribution in [-0.4, -0.2) is 24.8 Å². The number of hydrogen-bond acceptors (Lipinski definition) is 4. The van der Waals surface area contributed by atoms with Crippen molar-refractivity contribution in [3.8, 4) is 5.75 Å². The summed E-state index contributed by atoms with van der Waals surface area (Å²) < 4.78 is 11.0. The van der Waals surface area contributed by atoms with Crippen LogP contribution in [0.3, 0.4) is 0 Å². The van der Waals surface area contributed by atoms with Crippen molar-refractivity contribution in [1.29, 1.82) is 0 Å². The maximum Gasteiger partial charge on any atom is 0.189 e. The molecule has 0 amide bonds. The van der Waals surface area contributed by atoms with Crippen LogP contribution < -0.4 is 10.5 Å². The van der Waals surface area contributed by atoms with Crippen molar-refractivity contribution >= 4 is 5.69 Å². The fourth-order valence-electron chi connectivity index (χ4n) is 2.37. The van der Waals surface area contributed by atoms with Crippen molar-refractivity contribution < 1.29 is 9.47 Å². The molecule has 0 saturated heterocycles. The van der Waals surface area contributed by atoms with E-state index in [-0.39, 0.29) is 0 Å². The second-order valence-corrected chi connectivity index (χ2v) is 5.68. The minimum absolute atomic E-state index is 0.327. The molecule has 0 bridgehead atoms. The normalized spacial score (nSPS) is 16.3. The third-order valence-corrected chi connectivity index (χ3v) is 3.89.